The molecule has 0 radical (unpaired) electrons. The molecule has 0 spiro atoms. The maximum absolute atomic E-state index is 13.3. The maximum Gasteiger partial charge on any atom is 0.223 e. The molecule has 5 heteroatoms. The van der Waals surface area contributed by atoms with Gasteiger partial charge in [0.2, 0.25) is 11.8 Å². The van der Waals surface area contributed by atoms with E-state index in [0.717, 1.165) is 60.7 Å². The van der Waals surface area contributed by atoms with E-state index in [2.05, 4.69) is 4.90 Å². The highest BCUT2D eigenvalue weighted by Gasteiger charge is 2.51. The number of hydrogen-bond acceptors (Lipinski definition) is 2. The van der Waals surface area contributed by atoms with E-state index < -0.39 is 0 Å². The van der Waals surface area contributed by atoms with Gasteiger partial charge in [0.15, 0.2) is 0 Å². The summed E-state index contributed by atoms with van der Waals surface area (Å²) in [5.74, 6) is 3.20. The lowest BCUT2D eigenvalue weighted by atomic mass is 9.49. The molecule has 4 bridgehead atoms. The molecule has 2 amide bonds. The minimum absolute atomic E-state index is 0.199. The topological polar surface area (TPSA) is 40.6 Å². The van der Waals surface area contributed by atoms with Crippen LogP contribution in [0.2, 0.25) is 5.02 Å². The van der Waals surface area contributed by atoms with Gasteiger partial charge in [0.05, 0.1) is 0 Å². The molecular weight excluding hydrogens is 408 g/mol. The molecule has 4 nitrogen and oxygen atoms in total. The lowest BCUT2D eigenvalue weighted by Gasteiger charge is -2.57. The largest absolute Gasteiger partial charge is 0.341 e. The number of benzene rings is 1. The number of rotatable bonds is 5. The van der Waals surface area contributed by atoms with Crippen LogP contribution in [-0.2, 0) is 16.0 Å². The van der Waals surface area contributed by atoms with Crippen molar-refractivity contribution in [2.45, 2.75) is 64.2 Å². The van der Waals surface area contributed by atoms with Crippen molar-refractivity contribution in [3.8, 4) is 0 Å². The Morgan fingerprint density at radius 1 is 0.839 bits per heavy atom. The first-order chi connectivity index (χ1) is 15.0. The molecule has 1 saturated heterocycles. The molecule has 1 aromatic carbocycles. The molecule has 0 N–H and O–H groups in total. The molecule has 6 rings (SSSR count). The molecule has 4 saturated carbocycles. The molecule has 4 aliphatic carbocycles. The van der Waals surface area contributed by atoms with Crippen molar-refractivity contribution < 1.29 is 9.59 Å². The Balaban J connectivity index is 1.12. The Hall–Kier alpha value is -1.55. The van der Waals surface area contributed by atoms with Gasteiger partial charge in [-0.2, -0.15) is 0 Å². The number of carbonyl (C=O) groups excluding carboxylic acids is 2. The molecule has 0 aromatic heterocycles. The number of amides is 2. The van der Waals surface area contributed by atoms with Crippen LogP contribution in [0.1, 0.15) is 63.4 Å². The predicted octanol–water partition coefficient (Wildman–Crippen LogP) is 4.94. The van der Waals surface area contributed by atoms with E-state index in [1.54, 1.807) is 0 Å². The Morgan fingerprint density at radius 3 is 1.97 bits per heavy atom. The molecule has 1 heterocycles. The fourth-order valence-electron chi connectivity index (χ4n) is 7.42. The average Bonchev–Trinajstić information content (AvgIpc) is 2.98. The summed E-state index contributed by atoms with van der Waals surface area (Å²) in [4.78, 5) is 30.1. The van der Waals surface area contributed by atoms with Gasteiger partial charge in [-0.05, 0) is 92.2 Å². The van der Waals surface area contributed by atoms with Crippen LogP contribution in [0.15, 0.2) is 24.3 Å². The molecule has 0 unspecified atom stereocenters. The summed E-state index contributed by atoms with van der Waals surface area (Å²) in [7, 11) is 0. The van der Waals surface area contributed by atoms with Crippen LogP contribution in [0, 0.1) is 23.2 Å². The zero-order valence-corrected chi connectivity index (χ0v) is 19.3. The van der Waals surface area contributed by atoms with Crippen molar-refractivity contribution in [3.63, 3.8) is 0 Å². The predicted molar refractivity (Wildman–Crippen MR) is 123 cm³/mol. The fraction of sp³-hybridized carbons (Fsp3) is 0.692. The van der Waals surface area contributed by atoms with Crippen molar-refractivity contribution in [3.05, 3.63) is 34.9 Å². The zero-order valence-electron chi connectivity index (χ0n) is 18.5. The average molecular weight is 443 g/mol. The van der Waals surface area contributed by atoms with Gasteiger partial charge in [-0.1, -0.05) is 23.7 Å². The van der Waals surface area contributed by atoms with Crippen molar-refractivity contribution in [2.24, 2.45) is 23.2 Å². The van der Waals surface area contributed by atoms with E-state index in [-0.39, 0.29) is 5.91 Å². The highest BCUT2D eigenvalue weighted by atomic mass is 35.5. The van der Waals surface area contributed by atoms with E-state index in [0.29, 0.717) is 30.8 Å². The van der Waals surface area contributed by atoms with Gasteiger partial charge in [0.1, 0.15) is 0 Å². The fourth-order valence-corrected chi connectivity index (χ4v) is 7.54. The summed E-state index contributed by atoms with van der Waals surface area (Å²) in [5, 5.41) is 0.723. The molecule has 5 fully saturated rings. The van der Waals surface area contributed by atoms with Crippen molar-refractivity contribution in [2.75, 3.05) is 26.2 Å². The first kappa shape index (κ1) is 21.3. The molecule has 5 aliphatic rings. The third-order valence-corrected chi connectivity index (χ3v) is 8.69. The SMILES string of the molecule is O=C(CCc1ccc(Cl)cc1)N1CCCN(C(=O)CC23CC4CC(CC(C4)C2)C3)CC1. The number of hydrogen-bond donors (Lipinski definition) is 0. The highest BCUT2D eigenvalue weighted by molar-refractivity contribution is 6.30. The van der Waals surface area contributed by atoms with Crippen LogP contribution < -0.4 is 0 Å². The Kier molecular flexibility index (Phi) is 6.02. The molecular formula is C26H35ClN2O2. The van der Waals surface area contributed by atoms with Gasteiger partial charge in [-0.25, -0.2) is 0 Å². The Morgan fingerprint density at radius 2 is 1.39 bits per heavy atom. The molecule has 1 aliphatic heterocycles. The first-order valence-corrected chi connectivity index (χ1v) is 12.7. The standard InChI is InChI=1S/C26H35ClN2O2/c27-23-5-2-19(3-6-23)4-7-24(30)28-8-1-9-29(11-10-28)25(31)18-26-15-20-12-21(16-26)14-22(13-20)17-26/h2-3,5-6,20-22H,1,4,7-18H2. The zero-order chi connectivity index (χ0) is 21.4. The molecule has 1 aromatic rings. The third kappa shape index (κ3) is 4.79. The van der Waals surface area contributed by atoms with Crippen molar-refractivity contribution >= 4 is 23.4 Å². The number of carbonyl (C=O) groups is 2. The minimum Gasteiger partial charge on any atom is -0.341 e. The normalized spacial score (nSPS) is 32.2. The van der Waals surface area contributed by atoms with Crippen LogP contribution >= 0.6 is 11.6 Å². The van der Waals surface area contributed by atoms with Crippen LogP contribution in [-0.4, -0.2) is 47.8 Å². The summed E-state index contributed by atoms with van der Waals surface area (Å²) in [5.41, 5.74) is 1.44. The van der Waals surface area contributed by atoms with Crippen molar-refractivity contribution in [1.82, 2.24) is 9.80 Å². The first-order valence-electron chi connectivity index (χ1n) is 12.3. The Bertz CT molecular complexity index is 786. The Labute approximate surface area is 191 Å². The summed E-state index contributed by atoms with van der Waals surface area (Å²) < 4.78 is 0. The van der Waals surface area contributed by atoms with Crippen LogP contribution in [0.25, 0.3) is 0 Å². The summed E-state index contributed by atoms with van der Waals surface area (Å²) in [6.45, 7) is 2.93. The van der Waals surface area contributed by atoms with E-state index in [1.165, 1.54) is 38.5 Å². The summed E-state index contributed by atoms with van der Waals surface area (Å²) in [6, 6.07) is 7.73. The van der Waals surface area contributed by atoms with Gasteiger partial charge >= 0.3 is 0 Å². The van der Waals surface area contributed by atoms with E-state index in [4.69, 9.17) is 11.6 Å². The highest BCUT2D eigenvalue weighted by Crippen LogP contribution is 2.61. The van der Waals surface area contributed by atoms with Gasteiger partial charge in [0.25, 0.3) is 0 Å². The second-order valence-corrected chi connectivity index (χ2v) is 11.3. The molecule has 168 valence electrons. The third-order valence-electron chi connectivity index (χ3n) is 8.43. The van der Waals surface area contributed by atoms with Crippen LogP contribution in [0.3, 0.4) is 0 Å². The van der Waals surface area contributed by atoms with E-state index in [9.17, 15) is 9.59 Å². The van der Waals surface area contributed by atoms with Crippen molar-refractivity contribution in [1.29, 1.82) is 0 Å². The smallest absolute Gasteiger partial charge is 0.223 e. The monoisotopic (exact) mass is 442 g/mol. The molecule has 0 atom stereocenters. The minimum atomic E-state index is 0.199. The lowest BCUT2D eigenvalue weighted by Crippen LogP contribution is -2.48. The summed E-state index contributed by atoms with van der Waals surface area (Å²) >= 11 is 5.94. The van der Waals surface area contributed by atoms with Gasteiger partial charge < -0.3 is 9.80 Å². The maximum atomic E-state index is 13.3. The number of nitrogens with zero attached hydrogens (tertiary/aromatic N) is 2. The lowest BCUT2D eigenvalue weighted by molar-refractivity contribution is -0.140. The summed E-state index contributed by atoms with van der Waals surface area (Å²) in [6.07, 6.45) is 11.0. The quantitative estimate of drug-likeness (QED) is 0.648. The van der Waals surface area contributed by atoms with Gasteiger partial charge in [-0.15, -0.1) is 0 Å². The number of halogens is 1. The molecule has 31 heavy (non-hydrogen) atoms. The van der Waals surface area contributed by atoms with Crippen LogP contribution in [0.4, 0.5) is 0 Å². The van der Waals surface area contributed by atoms with Gasteiger partial charge in [-0.3, -0.25) is 9.59 Å². The van der Waals surface area contributed by atoms with Crippen LogP contribution in [0.5, 0.6) is 0 Å². The van der Waals surface area contributed by atoms with E-state index >= 15 is 0 Å². The number of aryl methyl sites for hydroxylation is 1. The second kappa shape index (κ2) is 8.77. The van der Waals surface area contributed by atoms with Gasteiger partial charge in [0, 0.05) is 44.0 Å². The van der Waals surface area contributed by atoms with E-state index in [1.807, 2.05) is 29.2 Å². The second-order valence-electron chi connectivity index (χ2n) is 10.8.